The molecule has 7 nitrogen and oxygen atoms in total. The van der Waals surface area contributed by atoms with Crippen molar-refractivity contribution in [3.05, 3.63) is 51.0 Å². The minimum Gasteiger partial charge on any atom is -0.481 e. The van der Waals surface area contributed by atoms with E-state index in [0.29, 0.717) is 23.6 Å². The van der Waals surface area contributed by atoms with Gasteiger partial charge in [-0.3, -0.25) is 9.79 Å². The summed E-state index contributed by atoms with van der Waals surface area (Å²) in [5, 5.41) is 2.87. The van der Waals surface area contributed by atoms with Gasteiger partial charge in [0.2, 0.25) is 5.90 Å². The third-order valence-corrected chi connectivity index (χ3v) is 5.42. The average molecular weight is 401 g/mol. The van der Waals surface area contributed by atoms with Gasteiger partial charge in [-0.15, -0.1) is 11.3 Å². The zero-order valence-corrected chi connectivity index (χ0v) is 17.2. The second-order valence-electron chi connectivity index (χ2n) is 6.57. The highest BCUT2D eigenvalue weighted by atomic mass is 32.1. The van der Waals surface area contributed by atoms with E-state index in [1.807, 2.05) is 17.2 Å². The van der Waals surface area contributed by atoms with Crippen molar-refractivity contribution in [2.75, 3.05) is 21.3 Å². The molecule has 1 heterocycles. The molecule has 1 aromatic carbocycles. The Morgan fingerprint density at radius 2 is 1.86 bits per heavy atom. The fourth-order valence-electron chi connectivity index (χ4n) is 2.99. The van der Waals surface area contributed by atoms with Crippen molar-refractivity contribution >= 4 is 29.1 Å². The predicted molar refractivity (Wildman–Crippen MR) is 107 cm³/mol. The zero-order chi connectivity index (χ0) is 20.3. The van der Waals surface area contributed by atoms with Crippen LogP contribution in [0.2, 0.25) is 0 Å². The number of esters is 1. The highest BCUT2D eigenvalue weighted by molar-refractivity contribution is 7.09. The standard InChI is InChI=1S/C20H23N3O4S/c1-12-11-28-17(22-12)10-23(16-5-6-16)19(24)14-7-13(18(21-2)26-3)8-15(9-14)20(25)27-4/h7-9,11,16H,5-6,10H2,1-4H3/b21-18-. The fourth-order valence-corrected chi connectivity index (χ4v) is 3.76. The van der Waals surface area contributed by atoms with Crippen molar-refractivity contribution in [1.82, 2.24) is 9.88 Å². The third kappa shape index (κ3) is 4.39. The van der Waals surface area contributed by atoms with E-state index in [-0.39, 0.29) is 17.5 Å². The van der Waals surface area contributed by atoms with E-state index < -0.39 is 5.97 Å². The summed E-state index contributed by atoms with van der Waals surface area (Å²) in [5.74, 6) is -0.321. The van der Waals surface area contributed by atoms with E-state index in [0.717, 1.165) is 23.5 Å². The number of carbonyl (C=O) groups is 2. The summed E-state index contributed by atoms with van der Waals surface area (Å²) in [6.07, 6.45) is 1.94. The van der Waals surface area contributed by atoms with Gasteiger partial charge in [-0.2, -0.15) is 0 Å². The predicted octanol–water partition coefficient (Wildman–Crippen LogP) is 3.07. The second kappa shape index (κ2) is 8.52. The maximum Gasteiger partial charge on any atom is 0.337 e. The Morgan fingerprint density at radius 1 is 1.18 bits per heavy atom. The summed E-state index contributed by atoms with van der Waals surface area (Å²) >= 11 is 1.54. The SMILES string of the molecule is C/N=C(\OC)c1cc(C(=O)OC)cc(C(=O)N(Cc2nc(C)cs2)C2CC2)c1. The average Bonchev–Trinajstić information content (AvgIpc) is 3.47. The molecule has 0 bridgehead atoms. The van der Waals surface area contributed by atoms with E-state index >= 15 is 0 Å². The van der Waals surface area contributed by atoms with Crippen LogP contribution >= 0.6 is 11.3 Å². The summed E-state index contributed by atoms with van der Waals surface area (Å²) in [6, 6.07) is 5.07. The Bertz CT molecular complexity index is 918. The quantitative estimate of drug-likeness (QED) is 0.422. The highest BCUT2D eigenvalue weighted by Gasteiger charge is 2.34. The molecule has 1 aliphatic rings. The summed E-state index contributed by atoms with van der Waals surface area (Å²) < 4.78 is 10.1. The van der Waals surface area contributed by atoms with E-state index in [9.17, 15) is 9.59 Å². The van der Waals surface area contributed by atoms with Crippen molar-refractivity contribution in [3.63, 3.8) is 0 Å². The van der Waals surface area contributed by atoms with Crippen LogP contribution in [0.25, 0.3) is 0 Å². The largest absolute Gasteiger partial charge is 0.481 e. The van der Waals surface area contributed by atoms with Crippen LogP contribution in [-0.4, -0.2) is 55.0 Å². The van der Waals surface area contributed by atoms with Crippen molar-refractivity contribution < 1.29 is 19.1 Å². The molecule has 1 fully saturated rings. The summed E-state index contributed by atoms with van der Waals surface area (Å²) in [7, 11) is 4.39. The number of carbonyl (C=O) groups excluding carboxylic acids is 2. The first-order valence-electron chi connectivity index (χ1n) is 8.93. The normalized spacial score (nSPS) is 13.9. The number of methoxy groups -OCH3 is 2. The molecule has 2 aromatic rings. The van der Waals surface area contributed by atoms with Gasteiger partial charge in [0.25, 0.3) is 5.91 Å². The molecule has 3 rings (SSSR count). The lowest BCUT2D eigenvalue weighted by Gasteiger charge is -2.22. The molecule has 1 aromatic heterocycles. The van der Waals surface area contributed by atoms with Crippen LogP contribution in [0.4, 0.5) is 0 Å². The molecule has 0 N–H and O–H groups in total. The first-order valence-corrected chi connectivity index (χ1v) is 9.81. The Labute approximate surface area is 168 Å². The lowest BCUT2D eigenvalue weighted by atomic mass is 10.0. The Hall–Kier alpha value is -2.74. The van der Waals surface area contributed by atoms with Gasteiger partial charge in [-0.25, -0.2) is 9.78 Å². The van der Waals surface area contributed by atoms with Gasteiger partial charge in [0.15, 0.2) is 0 Å². The lowest BCUT2D eigenvalue weighted by molar-refractivity contribution is 0.0600. The number of thiazole rings is 1. The molecule has 0 spiro atoms. The molecule has 0 saturated heterocycles. The second-order valence-corrected chi connectivity index (χ2v) is 7.51. The van der Waals surface area contributed by atoms with Gasteiger partial charge in [0.05, 0.1) is 26.3 Å². The molecule has 1 amide bonds. The maximum absolute atomic E-state index is 13.3. The molecule has 28 heavy (non-hydrogen) atoms. The third-order valence-electron chi connectivity index (χ3n) is 4.47. The number of amides is 1. The number of benzene rings is 1. The van der Waals surface area contributed by atoms with E-state index in [1.165, 1.54) is 14.2 Å². The fraction of sp³-hybridized carbons (Fsp3) is 0.400. The first kappa shape index (κ1) is 20.0. The van der Waals surface area contributed by atoms with Crippen LogP contribution in [0.15, 0.2) is 28.6 Å². The Balaban J connectivity index is 1.98. The molecule has 0 radical (unpaired) electrons. The molecule has 148 valence electrons. The van der Waals surface area contributed by atoms with Crippen LogP contribution < -0.4 is 0 Å². The number of hydrogen-bond donors (Lipinski definition) is 0. The van der Waals surface area contributed by atoms with Gasteiger partial charge in [0, 0.05) is 35.3 Å². The Kier molecular flexibility index (Phi) is 6.08. The number of hydrogen-bond acceptors (Lipinski definition) is 7. The van der Waals surface area contributed by atoms with Gasteiger partial charge in [-0.05, 0) is 38.0 Å². The van der Waals surface area contributed by atoms with Crippen molar-refractivity contribution in [1.29, 1.82) is 0 Å². The molecule has 0 atom stereocenters. The number of ether oxygens (including phenoxy) is 2. The molecular formula is C20H23N3O4S. The molecule has 0 aliphatic heterocycles. The number of aryl methyl sites for hydroxylation is 1. The lowest BCUT2D eigenvalue weighted by Crippen LogP contribution is -2.33. The number of nitrogens with zero attached hydrogens (tertiary/aromatic N) is 3. The molecular weight excluding hydrogens is 378 g/mol. The van der Waals surface area contributed by atoms with Crippen LogP contribution in [0.1, 0.15) is 49.8 Å². The van der Waals surface area contributed by atoms with Gasteiger partial charge >= 0.3 is 5.97 Å². The van der Waals surface area contributed by atoms with Crippen LogP contribution in [0, 0.1) is 6.92 Å². The number of rotatable bonds is 6. The summed E-state index contributed by atoms with van der Waals surface area (Å²) in [4.78, 5) is 35.8. The van der Waals surface area contributed by atoms with E-state index in [1.54, 1.807) is 36.6 Å². The van der Waals surface area contributed by atoms with Crippen LogP contribution in [-0.2, 0) is 16.0 Å². The monoisotopic (exact) mass is 401 g/mol. The molecule has 1 saturated carbocycles. The van der Waals surface area contributed by atoms with Gasteiger partial charge in [-0.1, -0.05) is 0 Å². The number of aliphatic imine (C=N–C) groups is 1. The van der Waals surface area contributed by atoms with Gasteiger partial charge < -0.3 is 14.4 Å². The molecule has 0 unspecified atom stereocenters. The first-order chi connectivity index (χ1) is 13.5. The summed E-state index contributed by atoms with van der Waals surface area (Å²) in [5.41, 5.74) is 2.18. The topological polar surface area (TPSA) is 81.1 Å². The zero-order valence-electron chi connectivity index (χ0n) is 16.4. The van der Waals surface area contributed by atoms with Crippen molar-refractivity contribution in [2.45, 2.75) is 32.4 Å². The van der Waals surface area contributed by atoms with E-state index in [4.69, 9.17) is 9.47 Å². The Morgan fingerprint density at radius 3 is 2.39 bits per heavy atom. The molecule has 8 heteroatoms. The van der Waals surface area contributed by atoms with E-state index in [2.05, 4.69) is 9.98 Å². The van der Waals surface area contributed by atoms with Gasteiger partial charge in [0.1, 0.15) is 5.01 Å². The van der Waals surface area contributed by atoms with Crippen LogP contribution in [0.3, 0.4) is 0 Å². The molecule has 1 aliphatic carbocycles. The highest BCUT2D eigenvalue weighted by Crippen LogP contribution is 2.31. The minimum atomic E-state index is -0.518. The number of aromatic nitrogens is 1. The maximum atomic E-state index is 13.3. The van der Waals surface area contributed by atoms with Crippen molar-refractivity contribution in [3.8, 4) is 0 Å². The van der Waals surface area contributed by atoms with Crippen LogP contribution in [0.5, 0.6) is 0 Å². The summed E-state index contributed by atoms with van der Waals surface area (Å²) in [6.45, 7) is 2.39. The minimum absolute atomic E-state index is 0.145. The van der Waals surface area contributed by atoms with Crippen molar-refractivity contribution in [2.24, 2.45) is 4.99 Å². The smallest absolute Gasteiger partial charge is 0.337 e.